The summed E-state index contributed by atoms with van der Waals surface area (Å²) in [6.07, 6.45) is -4.62. The number of fused-ring (bicyclic) bond motifs is 1. The minimum absolute atomic E-state index is 0.0689. The highest BCUT2D eigenvalue weighted by molar-refractivity contribution is 9.10. The lowest BCUT2D eigenvalue weighted by molar-refractivity contribution is -0.142. The zero-order valence-corrected chi connectivity index (χ0v) is 13.8. The van der Waals surface area contributed by atoms with E-state index in [0.717, 1.165) is 6.07 Å². The van der Waals surface area contributed by atoms with Crippen molar-refractivity contribution < 1.29 is 18.0 Å². The van der Waals surface area contributed by atoms with E-state index in [9.17, 15) is 18.0 Å². The van der Waals surface area contributed by atoms with Crippen molar-refractivity contribution in [3.05, 3.63) is 58.0 Å². The van der Waals surface area contributed by atoms with Crippen molar-refractivity contribution in [2.45, 2.75) is 13.1 Å². The molecule has 5 nitrogen and oxygen atoms in total. The zero-order valence-electron chi connectivity index (χ0n) is 12.2. The Kier molecular flexibility index (Phi) is 4.04. The molecule has 124 valence electrons. The van der Waals surface area contributed by atoms with Crippen molar-refractivity contribution in [1.82, 2.24) is 14.6 Å². The van der Waals surface area contributed by atoms with Gasteiger partial charge in [0, 0.05) is 11.4 Å². The van der Waals surface area contributed by atoms with Gasteiger partial charge >= 0.3 is 6.18 Å². The Morgan fingerprint density at radius 3 is 2.54 bits per heavy atom. The van der Waals surface area contributed by atoms with Gasteiger partial charge in [-0.2, -0.15) is 18.3 Å². The quantitative estimate of drug-likeness (QED) is 0.707. The molecule has 2 heterocycles. The standard InChI is InChI=1S/C15H10BrF3N4O/c1-8-7-10(15(17,18)19)23-13(20-8)11(16)12(22-23)14(24)21-9-5-3-2-4-6-9/h2-7H,1H3,(H,21,24). The summed E-state index contributed by atoms with van der Waals surface area (Å²) in [5.41, 5.74) is -0.565. The largest absolute Gasteiger partial charge is 0.433 e. The van der Waals surface area contributed by atoms with Crippen LogP contribution in [-0.2, 0) is 6.18 Å². The number of para-hydroxylation sites is 1. The number of carbonyl (C=O) groups excluding carboxylic acids is 1. The monoisotopic (exact) mass is 398 g/mol. The van der Waals surface area contributed by atoms with Crippen molar-refractivity contribution in [3.63, 3.8) is 0 Å². The molecular weight excluding hydrogens is 389 g/mol. The maximum absolute atomic E-state index is 13.2. The van der Waals surface area contributed by atoms with E-state index < -0.39 is 17.8 Å². The van der Waals surface area contributed by atoms with Crippen LogP contribution in [0.25, 0.3) is 5.65 Å². The Morgan fingerprint density at radius 2 is 1.92 bits per heavy atom. The summed E-state index contributed by atoms with van der Waals surface area (Å²) in [6, 6.07) is 9.42. The number of nitrogens with zero attached hydrogens (tertiary/aromatic N) is 3. The van der Waals surface area contributed by atoms with Gasteiger partial charge in [-0.3, -0.25) is 4.79 Å². The van der Waals surface area contributed by atoms with Crippen LogP contribution in [0.2, 0.25) is 0 Å². The number of alkyl halides is 3. The molecule has 0 bridgehead atoms. The van der Waals surface area contributed by atoms with E-state index in [2.05, 4.69) is 31.3 Å². The Morgan fingerprint density at radius 1 is 1.25 bits per heavy atom. The number of halogens is 4. The van der Waals surface area contributed by atoms with Gasteiger partial charge in [0.2, 0.25) is 0 Å². The molecule has 1 N–H and O–H groups in total. The predicted molar refractivity (Wildman–Crippen MR) is 84.8 cm³/mol. The van der Waals surface area contributed by atoms with Crippen LogP contribution in [0.15, 0.2) is 40.9 Å². The lowest BCUT2D eigenvalue weighted by Crippen LogP contribution is -2.15. The number of aromatic nitrogens is 3. The molecule has 0 aliphatic rings. The van der Waals surface area contributed by atoms with Crippen LogP contribution in [0, 0.1) is 6.92 Å². The van der Waals surface area contributed by atoms with Crippen LogP contribution in [-0.4, -0.2) is 20.5 Å². The first-order valence-corrected chi connectivity index (χ1v) is 7.56. The van der Waals surface area contributed by atoms with Crippen LogP contribution in [0.3, 0.4) is 0 Å². The molecule has 24 heavy (non-hydrogen) atoms. The average Bonchev–Trinajstić information content (AvgIpc) is 2.84. The van der Waals surface area contributed by atoms with Crippen LogP contribution < -0.4 is 5.32 Å². The first kappa shape index (κ1) is 16.4. The van der Waals surface area contributed by atoms with E-state index >= 15 is 0 Å². The van der Waals surface area contributed by atoms with Crippen molar-refractivity contribution in [2.75, 3.05) is 5.32 Å². The molecule has 0 unspecified atom stereocenters. The van der Waals surface area contributed by atoms with E-state index in [0.29, 0.717) is 10.2 Å². The van der Waals surface area contributed by atoms with E-state index in [1.165, 1.54) is 6.92 Å². The van der Waals surface area contributed by atoms with E-state index in [-0.39, 0.29) is 21.5 Å². The van der Waals surface area contributed by atoms with Gasteiger partial charge in [-0.05, 0) is 41.1 Å². The molecule has 2 aromatic heterocycles. The van der Waals surface area contributed by atoms with Gasteiger partial charge < -0.3 is 5.32 Å². The minimum Gasteiger partial charge on any atom is -0.321 e. The second kappa shape index (κ2) is 5.90. The van der Waals surface area contributed by atoms with Crippen LogP contribution in [0.4, 0.5) is 18.9 Å². The van der Waals surface area contributed by atoms with Gasteiger partial charge in [0.25, 0.3) is 5.91 Å². The smallest absolute Gasteiger partial charge is 0.321 e. The third-order valence-corrected chi connectivity index (χ3v) is 3.93. The first-order chi connectivity index (χ1) is 11.3. The van der Waals surface area contributed by atoms with Crippen LogP contribution >= 0.6 is 15.9 Å². The summed E-state index contributed by atoms with van der Waals surface area (Å²) >= 11 is 3.13. The molecule has 0 aliphatic carbocycles. The molecule has 0 fully saturated rings. The summed E-state index contributed by atoms with van der Waals surface area (Å²) in [5, 5.41) is 6.37. The maximum atomic E-state index is 13.2. The third-order valence-electron chi connectivity index (χ3n) is 3.20. The predicted octanol–water partition coefficient (Wildman–Crippen LogP) is 4.07. The molecule has 1 aromatic carbocycles. The first-order valence-electron chi connectivity index (χ1n) is 6.77. The Bertz CT molecular complexity index is 922. The average molecular weight is 399 g/mol. The van der Waals surface area contributed by atoms with E-state index in [1.807, 2.05) is 0 Å². The Labute approximate surface area is 142 Å². The highest BCUT2D eigenvalue weighted by Crippen LogP contribution is 2.32. The molecule has 3 aromatic rings. The highest BCUT2D eigenvalue weighted by Gasteiger charge is 2.36. The highest BCUT2D eigenvalue weighted by atomic mass is 79.9. The molecule has 9 heteroatoms. The maximum Gasteiger partial charge on any atom is 0.433 e. The molecule has 0 spiro atoms. The lowest BCUT2D eigenvalue weighted by Gasteiger charge is -2.09. The topological polar surface area (TPSA) is 59.3 Å². The summed E-state index contributed by atoms with van der Waals surface area (Å²) in [5.74, 6) is -0.635. The number of rotatable bonds is 2. The van der Waals surface area contributed by atoms with Gasteiger partial charge in [-0.1, -0.05) is 18.2 Å². The number of anilines is 1. The zero-order chi connectivity index (χ0) is 17.5. The number of hydrogen-bond donors (Lipinski definition) is 1. The molecule has 0 saturated heterocycles. The number of aryl methyl sites for hydroxylation is 1. The number of amides is 1. The summed E-state index contributed by atoms with van der Waals surface area (Å²) in [4.78, 5) is 16.4. The summed E-state index contributed by atoms with van der Waals surface area (Å²) in [6.45, 7) is 1.44. The molecule has 0 radical (unpaired) electrons. The fourth-order valence-electron chi connectivity index (χ4n) is 2.17. The Balaban J connectivity index is 2.10. The second-order valence-electron chi connectivity index (χ2n) is 5.00. The molecular formula is C15H10BrF3N4O. The lowest BCUT2D eigenvalue weighted by atomic mass is 10.3. The van der Waals surface area contributed by atoms with Gasteiger partial charge in [0.1, 0.15) is 5.69 Å². The molecule has 3 rings (SSSR count). The minimum atomic E-state index is -4.62. The van der Waals surface area contributed by atoms with Gasteiger partial charge in [-0.25, -0.2) is 9.50 Å². The van der Waals surface area contributed by atoms with Gasteiger partial charge in [0.05, 0.1) is 4.47 Å². The van der Waals surface area contributed by atoms with Crippen LogP contribution in [0.1, 0.15) is 21.9 Å². The van der Waals surface area contributed by atoms with Crippen molar-refractivity contribution in [3.8, 4) is 0 Å². The van der Waals surface area contributed by atoms with Crippen molar-refractivity contribution >= 4 is 33.2 Å². The third kappa shape index (κ3) is 2.99. The summed E-state index contributed by atoms with van der Waals surface area (Å²) < 4.78 is 40.3. The molecule has 0 atom stereocenters. The van der Waals surface area contributed by atoms with Crippen molar-refractivity contribution in [1.29, 1.82) is 0 Å². The van der Waals surface area contributed by atoms with Gasteiger partial charge in [-0.15, -0.1) is 0 Å². The molecule has 0 saturated carbocycles. The number of carbonyl (C=O) groups is 1. The fraction of sp³-hybridized carbons (Fsp3) is 0.133. The fourth-order valence-corrected chi connectivity index (χ4v) is 2.69. The SMILES string of the molecule is Cc1cc(C(F)(F)F)n2nc(C(=O)Nc3ccccc3)c(Br)c2n1. The van der Waals surface area contributed by atoms with E-state index in [4.69, 9.17) is 0 Å². The molecule has 1 amide bonds. The number of hydrogen-bond acceptors (Lipinski definition) is 3. The molecule has 0 aliphatic heterocycles. The Hall–Kier alpha value is -2.42. The van der Waals surface area contributed by atoms with E-state index in [1.54, 1.807) is 30.3 Å². The van der Waals surface area contributed by atoms with Crippen molar-refractivity contribution in [2.24, 2.45) is 0 Å². The normalized spacial score (nSPS) is 11.7. The number of nitrogens with one attached hydrogen (secondary N) is 1. The van der Waals surface area contributed by atoms with Crippen LogP contribution in [0.5, 0.6) is 0 Å². The number of benzene rings is 1. The second-order valence-corrected chi connectivity index (χ2v) is 5.79. The van der Waals surface area contributed by atoms with Gasteiger partial charge in [0.15, 0.2) is 11.3 Å². The summed E-state index contributed by atoms with van der Waals surface area (Å²) in [7, 11) is 0.